The third kappa shape index (κ3) is 5.33. The average molecular weight is 538 g/mol. The third-order valence-electron chi connectivity index (χ3n) is 5.23. The summed E-state index contributed by atoms with van der Waals surface area (Å²) in [5, 5.41) is 6.69. The molecule has 4 rings (SSSR count). The van der Waals surface area contributed by atoms with E-state index in [2.05, 4.69) is 20.6 Å². The molecule has 2 heterocycles. The van der Waals surface area contributed by atoms with Gasteiger partial charge in [0.1, 0.15) is 17.3 Å². The molecule has 0 saturated carbocycles. The van der Waals surface area contributed by atoms with Gasteiger partial charge in [0.25, 0.3) is 0 Å². The molecule has 0 amide bonds. The van der Waals surface area contributed by atoms with Crippen molar-refractivity contribution in [1.82, 2.24) is 20.2 Å². The number of anilines is 1. The van der Waals surface area contributed by atoms with Crippen LogP contribution in [0.15, 0.2) is 66.2 Å². The Morgan fingerprint density at radius 1 is 1.16 bits per heavy atom. The number of halogens is 3. The summed E-state index contributed by atoms with van der Waals surface area (Å²) in [5.41, 5.74) is 2.18. The van der Waals surface area contributed by atoms with Crippen molar-refractivity contribution in [2.75, 3.05) is 25.0 Å². The highest BCUT2D eigenvalue weighted by molar-refractivity contribution is 14.0. The van der Waals surface area contributed by atoms with Crippen molar-refractivity contribution in [1.29, 1.82) is 0 Å². The number of nitrogens with zero attached hydrogens (tertiary/aromatic N) is 4. The normalized spacial score (nSPS) is 16.2. The first-order chi connectivity index (χ1) is 14.7. The summed E-state index contributed by atoms with van der Waals surface area (Å²) in [5.74, 6) is -0.417. The lowest BCUT2D eigenvalue weighted by Crippen LogP contribution is -2.44. The van der Waals surface area contributed by atoms with Gasteiger partial charge in [0.15, 0.2) is 5.96 Å². The lowest BCUT2D eigenvalue weighted by Gasteiger charge is -2.21. The number of guanidine groups is 1. The van der Waals surface area contributed by atoms with Crippen molar-refractivity contribution in [2.45, 2.75) is 19.0 Å². The van der Waals surface area contributed by atoms with Crippen LogP contribution in [0.1, 0.15) is 12.0 Å². The van der Waals surface area contributed by atoms with Gasteiger partial charge in [-0.1, -0.05) is 24.3 Å². The van der Waals surface area contributed by atoms with Crippen LogP contribution in [-0.2, 0) is 6.54 Å². The van der Waals surface area contributed by atoms with E-state index in [1.165, 1.54) is 18.2 Å². The van der Waals surface area contributed by atoms with E-state index in [9.17, 15) is 8.78 Å². The highest BCUT2D eigenvalue weighted by atomic mass is 127. The Hall–Kier alpha value is -2.69. The second-order valence-electron chi connectivity index (χ2n) is 7.17. The number of benzene rings is 2. The van der Waals surface area contributed by atoms with Crippen LogP contribution in [-0.4, -0.2) is 41.7 Å². The van der Waals surface area contributed by atoms with Crippen LogP contribution in [0.3, 0.4) is 0 Å². The van der Waals surface area contributed by atoms with Crippen LogP contribution in [0.5, 0.6) is 0 Å². The predicted molar refractivity (Wildman–Crippen MR) is 129 cm³/mol. The monoisotopic (exact) mass is 538 g/mol. The molecule has 1 aromatic heterocycles. The molecule has 2 N–H and O–H groups in total. The molecule has 1 saturated heterocycles. The molecular formula is C22H25F2IN6. The van der Waals surface area contributed by atoms with E-state index in [0.717, 1.165) is 17.7 Å². The predicted octanol–water partition coefficient (Wildman–Crippen LogP) is 3.71. The van der Waals surface area contributed by atoms with E-state index in [0.29, 0.717) is 25.6 Å². The van der Waals surface area contributed by atoms with Gasteiger partial charge in [-0.05, 0) is 30.2 Å². The Kier molecular flexibility index (Phi) is 7.83. The fourth-order valence-corrected chi connectivity index (χ4v) is 3.75. The Balaban J connectivity index is 0.00000272. The average Bonchev–Trinajstić information content (AvgIpc) is 3.44. The fraction of sp³-hybridized carbons (Fsp3) is 0.273. The maximum atomic E-state index is 14.1. The smallest absolute Gasteiger partial charge is 0.191 e. The van der Waals surface area contributed by atoms with Crippen molar-refractivity contribution in [2.24, 2.45) is 4.99 Å². The van der Waals surface area contributed by atoms with Crippen LogP contribution in [0.4, 0.5) is 14.5 Å². The molecule has 164 valence electrons. The van der Waals surface area contributed by atoms with Crippen LogP contribution in [0.25, 0.3) is 5.69 Å². The van der Waals surface area contributed by atoms with Gasteiger partial charge in [-0.15, -0.1) is 24.0 Å². The molecule has 3 aromatic rings. The van der Waals surface area contributed by atoms with E-state index < -0.39 is 11.6 Å². The van der Waals surface area contributed by atoms with Gasteiger partial charge in [0.05, 0.1) is 12.0 Å². The number of nitrogens with one attached hydrogen (secondary N) is 2. The first-order valence-corrected chi connectivity index (χ1v) is 9.88. The number of aromatic nitrogens is 2. The topological polar surface area (TPSA) is 57.5 Å². The van der Waals surface area contributed by atoms with Crippen LogP contribution < -0.4 is 15.5 Å². The molecule has 0 aliphatic carbocycles. The van der Waals surface area contributed by atoms with Crippen molar-refractivity contribution in [3.63, 3.8) is 0 Å². The summed E-state index contributed by atoms with van der Waals surface area (Å²) in [6.07, 6.45) is 6.18. The zero-order valence-electron chi connectivity index (χ0n) is 17.1. The zero-order valence-corrected chi connectivity index (χ0v) is 19.5. The fourth-order valence-electron chi connectivity index (χ4n) is 3.75. The van der Waals surface area contributed by atoms with E-state index in [1.54, 1.807) is 24.5 Å². The zero-order chi connectivity index (χ0) is 20.9. The summed E-state index contributed by atoms with van der Waals surface area (Å²) in [7, 11) is 1.71. The van der Waals surface area contributed by atoms with Crippen molar-refractivity contribution >= 4 is 35.6 Å². The van der Waals surface area contributed by atoms with Gasteiger partial charge in [-0.2, -0.15) is 0 Å². The molecule has 31 heavy (non-hydrogen) atoms. The maximum absolute atomic E-state index is 14.1. The van der Waals surface area contributed by atoms with Gasteiger partial charge < -0.3 is 20.1 Å². The van der Waals surface area contributed by atoms with Gasteiger partial charge in [-0.25, -0.2) is 13.8 Å². The number of para-hydroxylation sites is 2. The van der Waals surface area contributed by atoms with E-state index in [4.69, 9.17) is 0 Å². The highest BCUT2D eigenvalue weighted by Crippen LogP contribution is 2.26. The number of imidazole rings is 1. The standard InChI is InChI=1S/C22H24F2N6.HI/c1-25-22(27-13-16-5-2-3-8-20(16)30-12-10-26-15-30)28-17-9-11-29(14-17)21-18(23)6-4-7-19(21)24;/h2-8,10,12,15,17H,9,11,13-14H2,1H3,(H2,25,27,28);1H. The number of aliphatic imine (C=N–C) groups is 1. The Morgan fingerprint density at radius 2 is 1.94 bits per heavy atom. The maximum Gasteiger partial charge on any atom is 0.191 e. The Morgan fingerprint density at radius 3 is 2.65 bits per heavy atom. The molecule has 1 fully saturated rings. The molecule has 9 heteroatoms. The summed E-state index contributed by atoms with van der Waals surface area (Å²) in [6.45, 7) is 1.66. The quantitative estimate of drug-likeness (QED) is 0.296. The van der Waals surface area contributed by atoms with Gasteiger partial charge in [0.2, 0.25) is 0 Å². The van der Waals surface area contributed by atoms with Crippen molar-refractivity contribution in [3.8, 4) is 5.69 Å². The SMILES string of the molecule is CN=C(NCc1ccccc1-n1ccnc1)NC1CCN(c2c(F)cccc2F)C1.I. The summed E-state index contributed by atoms with van der Waals surface area (Å²) in [6, 6.07) is 12.1. The largest absolute Gasteiger partial charge is 0.365 e. The van der Waals surface area contributed by atoms with Gasteiger partial charge in [0, 0.05) is 45.1 Å². The molecule has 1 atom stereocenters. The molecule has 1 aliphatic rings. The van der Waals surface area contributed by atoms with Crippen molar-refractivity contribution < 1.29 is 8.78 Å². The minimum atomic E-state index is -0.533. The lowest BCUT2D eigenvalue weighted by atomic mass is 10.1. The van der Waals surface area contributed by atoms with Gasteiger partial charge in [-0.3, -0.25) is 4.99 Å². The lowest BCUT2D eigenvalue weighted by molar-refractivity contribution is 0.576. The molecule has 0 bridgehead atoms. The van der Waals surface area contributed by atoms with E-state index in [-0.39, 0.29) is 35.7 Å². The molecule has 0 radical (unpaired) electrons. The first-order valence-electron chi connectivity index (χ1n) is 9.88. The molecule has 2 aromatic carbocycles. The molecule has 1 unspecified atom stereocenters. The molecule has 0 spiro atoms. The Bertz CT molecular complexity index is 1000. The van der Waals surface area contributed by atoms with E-state index in [1.807, 2.05) is 35.0 Å². The summed E-state index contributed by atoms with van der Waals surface area (Å²) < 4.78 is 30.1. The minimum Gasteiger partial charge on any atom is -0.365 e. The first kappa shape index (κ1) is 23.0. The summed E-state index contributed by atoms with van der Waals surface area (Å²) >= 11 is 0. The number of rotatable bonds is 5. The van der Waals surface area contributed by atoms with Crippen LogP contribution in [0, 0.1) is 11.6 Å². The highest BCUT2D eigenvalue weighted by Gasteiger charge is 2.27. The Labute approximate surface area is 197 Å². The number of hydrogen-bond acceptors (Lipinski definition) is 3. The second-order valence-corrected chi connectivity index (χ2v) is 7.17. The van der Waals surface area contributed by atoms with Crippen LogP contribution in [0.2, 0.25) is 0 Å². The van der Waals surface area contributed by atoms with E-state index >= 15 is 0 Å². The van der Waals surface area contributed by atoms with Gasteiger partial charge >= 0.3 is 0 Å². The third-order valence-corrected chi connectivity index (χ3v) is 5.23. The molecular weight excluding hydrogens is 513 g/mol. The van der Waals surface area contributed by atoms with Crippen LogP contribution >= 0.6 is 24.0 Å². The second kappa shape index (κ2) is 10.6. The minimum absolute atomic E-state index is 0. The molecule has 1 aliphatic heterocycles. The summed E-state index contributed by atoms with van der Waals surface area (Å²) in [4.78, 5) is 10.2. The molecule has 6 nitrogen and oxygen atoms in total. The van der Waals surface area contributed by atoms with Crippen molar-refractivity contribution in [3.05, 3.63) is 78.4 Å². The number of hydrogen-bond donors (Lipinski definition) is 2.